The molecule has 9 nitrogen and oxygen atoms in total. The number of carbonyl (C=O) groups excluding carboxylic acids is 3. The van der Waals surface area contributed by atoms with E-state index in [1.165, 1.54) is 42.5 Å². The molecule has 0 radical (unpaired) electrons. The molecule has 0 saturated carbocycles. The molecule has 24 heavy (non-hydrogen) atoms. The monoisotopic (exact) mass is 326 g/mol. The number of benzene rings is 2. The number of nitrogens with one attached hydrogen (secondary N) is 3. The number of nitro benzene ring substituents is 1. The summed E-state index contributed by atoms with van der Waals surface area (Å²) in [7, 11) is 0. The van der Waals surface area contributed by atoms with Gasteiger partial charge in [-0.1, -0.05) is 6.07 Å². The van der Waals surface area contributed by atoms with Gasteiger partial charge in [0, 0.05) is 23.5 Å². The van der Waals surface area contributed by atoms with Gasteiger partial charge < -0.3 is 10.6 Å². The maximum absolute atomic E-state index is 11.9. The third-order valence-corrected chi connectivity index (χ3v) is 3.31. The Bertz CT molecular complexity index is 893. The van der Waals surface area contributed by atoms with Crippen molar-refractivity contribution in [3.63, 3.8) is 0 Å². The third kappa shape index (κ3) is 2.90. The van der Waals surface area contributed by atoms with Crippen molar-refractivity contribution in [2.24, 2.45) is 0 Å². The van der Waals surface area contributed by atoms with E-state index < -0.39 is 22.8 Å². The minimum atomic E-state index is -0.639. The Kier molecular flexibility index (Phi) is 3.66. The van der Waals surface area contributed by atoms with Gasteiger partial charge in [-0.3, -0.25) is 25.0 Å². The standard InChI is InChI=1S/C15H10N4O5/c20-13-11-5-4-9(7-12(11)14(21)18-13)17-15(22)16-8-2-1-3-10(6-8)19(23)24/h1-7H,(H2,16,17,22)(H,18,20,21). The number of hydrogen-bond donors (Lipinski definition) is 3. The minimum absolute atomic E-state index is 0.152. The van der Waals surface area contributed by atoms with E-state index in [-0.39, 0.29) is 22.5 Å². The zero-order valence-electron chi connectivity index (χ0n) is 12.0. The molecule has 3 rings (SSSR count). The van der Waals surface area contributed by atoms with Crippen LogP contribution < -0.4 is 16.0 Å². The van der Waals surface area contributed by atoms with Crippen LogP contribution in [0.25, 0.3) is 0 Å². The van der Waals surface area contributed by atoms with Gasteiger partial charge in [-0.25, -0.2) is 4.79 Å². The number of anilines is 2. The number of imide groups is 1. The molecular formula is C15H10N4O5. The van der Waals surface area contributed by atoms with Crippen LogP contribution in [-0.2, 0) is 0 Å². The van der Waals surface area contributed by atoms with Gasteiger partial charge >= 0.3 is 6.03 Å². The van der Waals surface area contributed by atoms with Crippen LogP contribution in [0.2, 0.25) is 0 Å². The molecule has 2 aromatic rings. The van der Waals surface area contributed by atoms with Crippen molar-refractivity contribution in [1.29, 1.82) is 0 Å². The first-order valence-electron chi connectivity index (χ1n) is 6.76. The summed E-state index contributed by atoms with van der Waals surface area (Å²) in [6.45, 7) is 0. The Hall–Kier alpha value is -3.75. The number of hydrogen-bond acceptors (Lipinski definition) is 5. The predicted molar refractivity (Wildman–Crippen MR) is 84.0 cm³/mol. The number of non-ortho nitro benzene ring substituents is 1. The number of nitro groups is 1. The van der Waals surface area contributed by atoms with Crippen molar-refractivity contribution in [2.75, 3.05) is 10.6 Å². The average molecular weight is 326 g/mol. The molecule has 0 aliphatic carbocycles. The van der Waals surface area contributed by atoms with Crippen LogP contribution in [-0.4, -0.2) is 22.8 Å². The molecule has 0 saturated heterocycles. The van der Waals surface area contributed by atoms with E-state index in [4.69, 9.17) is 0 Å². The molecule has 0 bridgehead atoms. The molecule has 9 heteroatoms. The Labute approximate surface area is 134 Å². The smallest absolute Gasteiger partial charge is 0.308 e. The first kappa shape index (κ1) is 15.2. The zero-order chi connectivity index (χ0) is 17.3. The van der Waals surface area contributed by atoms with Crippen LogP contribution in [0.4, 0.5) is 21.9 Å². The van der Waals surface area contributed by atoms with Crippen molar-refractivity contribution >= 4 is 34.9 Å². The summed E-state index contributed by atoms with van der Waals surface area (Å²) in [4.78, 5) is 45.1. The van der Waals surface area contributed by atoms with Crippen molar-refractivity contribution in [2.45, 2.75) is 0 Å². The zero-order valence-corrected chi connectivity index (χ0v) is 12.0. The summed E-state index contributed by atoms with van der Waals surface area (Å²) in [5, 5.41) is 17.8. The van der Waals surface area contributed by atoms with Crippen LogP contribution in [0, 0.1) is 10.1 Å². The van der Waals surface area contributed by atoms with E-state index in [2.05, 4.69) is 16.0 Å². The SMILES string of the molecule is O=C(Nc1cccc([N+](=O)[O-])c1)Nc1ccc2c(c1)C(=O)NC2=O. The Balaban J connectivity index is 1.73. The summed E-state index contributed by atoms with van der Waals surface area (Å²) < 4.78 is 0. The summed E-state index contributed by atoms with van der Waals surface area (Å²) in [6.07, 6.45) is 0. The van der Waals surface area contributed by atoms with Crippen molar-refractivity contribution in [1.82, 2.24) is 5.32 Å². The molecule has 3 N–H and O–H groups in total. The quantitative estimate of drug-likeness (QED) is 0.452. The lowest BCUT2D eigenvalue weighted by Crippen LogP contribution is -2.20. The topological polar surface area (TPSA) is 130 Å². The lowest BCUT2D eigenvalue weighted by Gasteiger charge is -2.08. The fourth-order valence-corrected chi connectivity index (χ4v) is 2.24. The van der Waals surface area contributed by atoms with Crippen LogP contribution in [0.5, 0.6) is 0 Å². The molecule has 0 atom stereocenters. The summed E-state index contributed by atoms with van der Waals surface area (Å²) in [6, 6.07) is 9.11. The highest BCUT2D eigenvalue weighted by molar-refractivity contribution is 6.22. The van der Waals surface area contributed by atoms with Crippen molar-refractivity contribution < 1.29 is 19.3 Å². The van der Waals surface area contributed by atoms with Crippen molar-refractivity contribution in [3.8, 4) is 0 Å². The number of fused-ring (bicyclic) bond motifs is 1. The lowest BCUT2D eigenvalue weighted by molar-refractivity contribution is -0.384. The highest BCUT2D eigenvalue weighted by Gasteiger charge is 2.26. The van der Waals surface area contributed by atoms with E-state index in [1.54, 1.807) is 0 Å². The van der Waals surface area contributed by atoms with Gasteiger partial charge in [0.15, 0.2) is 0 Å². The highest BCUT2D eigenvalue weighted by atomic mass is 16.6. The molecule has 0 spiro atoms. The minimum Gasteiger partial charge on any atom is -0.308 e. The summed E-state index contributed by atoms with van der Waals surface area (Å²) in [5.41, 5.74) is 0.815. The molecule has 1 aliphatic rings. The molecule has 1 aliphatic heterocycles. The Morgan fingerprint density at radius 3 is 2.33 bits per heavy atom. The average Bonchev–Trinajstić information content (AvgIpc) is 2.81. The largest absolute Gasteiger partial charge is 0.323 e. The Morgan fingerprint density at radius 1 is 0.958 bits per heavy atom. The fourth-order valence-electron chi connectivity index (χ4n) is 2.24. The third-order valence-electron chi connectivity index (χ3n) is 3.31. The number of carbonyl (C=O) groups is 3. The van der Waals surface area contributed by atoms with Gasteiger partial charge in [0.1, 0.15) is 0 Å². The van der Waals surface area contributed by atoms with Gasteiger partial charge in [-0.15, -0.1) is 0 Å². The van der Waals surface area contributed by atoms with Crippen molar-refractivity contribution in [3.05, 3.63) is 63.7 Å². The normalized spacial score (nSPS) is 12.3. The summed E-state index contributed by atoms with van der Waals surface area (Å²) in [5.74, 6) is -1.01. The molecule has 0 unspecified atom stereocenters. The van der Waals surface area contributed by atoms with E-state index in [0.29, 0.717) is 5.69 Å². The first-order chi connectivity index (χ1) is 11.4. The maximum atomic E-state index is 11.9. The van der Waals surface area contributed by atoms with Gasteiger partial charge in [-0.2, -0.15) is 0 Å². The number of amides is 4. The van der Waals surface area contributed by atoms with Gasteiger partial charge in [-0.05, 0) is 24.3 Å². The lowest BCUT2D eigenvalue weighted by atomic mass is 10.1. The molecule has 1 heterocycles. The van der Waals surface area contributed by atoms with E-state index >= 15 is 0 Å². The number of urea groups is 1. The van der Waals surface area contributed by atoms with Crippen LogP contribution in [0.1, 0.15) is 20.7 Å². The molecule has 120 valence electrons. The second-order valence-corrected chi connectivity index (χ2v) is 4.93. The number of nitrogens with zero attached hydrogens (tertiary/aromatic N) is 1. The number of rotatable bonds is 3. The van der Waals surface area contributed by atoms with Gasteiger partial charge in [0.25, 0.3) is 17.5 Å². The van der Waals surface area contributed by atoms with E-state index in [1.807, 2.05) is 0 Å². The van der Waals surface area contributed by atoms with E-state index in [0.717, 1.165) is 0 Å². The molecule has 4 amide bonds. The maximum Gasteiger partial charge on any atom is 0.323 e. The molecule has 0 aromatic heterocycles. The molecule has 0 fully saturated rings. The Morgan fingerprint density at radius 2 is 1.62 bits per heavy atom. The van der Waals surface area contributed by atoms with E-state index in [9.17, 15) is 24.5 Å². The fraction of sp³-hybridized carbons (Fsp3) is 0. The highest BCUT2D eigenvalue weighted by Crippen LogP contribution is 2.21. The second kappa shape index (κ2) is 5.80. The van der Waals surface area contributed by atoms with Gasteiger partial charge in [0.2, 0.25) is 0 Å². The van der Waals surface area contributed by atoms with Crippen LogP contribution in [0.3, 0.4) is 0 Å². The first-order valence-corrected chi connectivity index (χ1v) is 6.76. The summed E-state index contributed by atoms with van der Waals surface area (Å²) >= 11 is 0. The van der Waals surface area contributed by atoms with Crippen LogP contribution in [0.15, 0.2) is 42.5 Å². The van der Waals surface area contributed by atoms with Crippen LogP contribution >= 0.6 is 0 Å². The molecule has 2 aromatic carbocycles. The molecular weight excluding hydrogens is 316 g/mol. The second-order valence-electron chi connectivity index (χ2n) is 4.93. The predicted octanol–water partition coefficient (Wildman–Crippen LogP) is 2.12. The van der Waals surface area contributed by atoms with Gasteiger partial charge in [0.05, 0.1) is 16.1 Å².